The molecule has 0 amide bonds. The zero-order chi connectivity index (χ0) is 20.2. The summed E-state index contributed by atoms with van der Waals surface area (Å²) in [4.78, 5) is 9.42. The van der Waals surface area contributed by atoms with E-state index in [1.807, 2.05) is 48.3 Å². The fourth-order valence-corrected chi connectivity index (χ4v) is 3.44. The number of halogens is 1. The van der Waals surface area contributed by atoms with E-state index in [2.05, 4.69) is 43.0 Å². The van der Waals surface area contributed by atoms with Crippen molar-refractivity contribution in [2.75, 3.05) is 0 Å². The largest absolute Gasteiger partial charge is 0.349 e. The van der Waals surface area contributed by atoms with Crippen LogP contribution in [0.25, 0.3) is 0 Å². The number of fused-ring (bicyclic) bond motifs is 1. The molecular weight excluding hydrogens is 493 g/mol. The quantitative estimate of drug-likeness (QED) is 0.304. The van der Waals surface area contributed by atoms with E-state index < -0.39 is 0 Å². The Balaban J connectivity index is 0.00000256. The zero-order valence-corrected chi connectivity index (χ0v) is 19.9. The molecule has 1 aliphatic rings. The Morgan fingerprint density at radius 3 is 2.73 bits per heavy atom. The van der Waals surface area contributed by atoms with E-state index in [-0.39, 0.29) is 30.0 Å². The van der Waals surface area contributed by atoms with E-state index >= 15 is 0 Å². The zero-order valence-electron chi connectivity index (χ0n) is 17.5. The number of aromatic nitrogens is 6. The van der Waals surface area contributed by atoms with Crippen LogP contribution >= 0.6 is 24.0 Å². The number of nitrogens with one attached hydrogen (secondary N) is 2. The van der Waals surface area contributed by atoms with Gasteiger partial charge in [-0.3, -0.25) is 0 Å². The lowest BCUT2D eigenvalue weighted by Gasteiger charge is -2.25. The van der Waals surface area contributed by atoms with Crippen LogP contribution in [0, 0.1) is 13.8 Å². The van der Waals surface area contributed by atoms with E-state index in [0.717, 1.165) is 54.2 Å². The number of aryl methyl sites for hydroxylation is 3. The molecule has 1 atom stereocenters. The molecule has 3 aromatic rings. The van der Waals surface area contributed by atoms with Gasteiger partial charge in [-0.15, -0.1) is 34.2 Å². The Labute approximate surface area is 193 Å². The predicted molar refractivity (Wildman–Crippen MR) is 125 cm³/mol. The maximum Gasteiger partial charge on any atom is 0.192 e. The standard InChI is InChI=1S/C20H27N9.HI/c1-14-23-19-17(10-7-11-29(19)27-14)24-20(21-12-16-8-5-4-6-9-16)22-13-18-26-25-15(2)28(18)3;/h4-6,8-9,17H,7,10-13H2,1-3H3,(H2,21,22,24);1H. The minimum absolute atomic E-state index is 0. The van der Waals surface area contributed by atoms with Crippen LogP contribution < -0.4 is 10.6 Å². The van der Waals surface area contributed by atoms with Crippen LogP contribution in [0.4, 0.5) is 0 Å². The first-order valence-corrected chi connectivity index (χ1v) is 9.95. The van der Waals surface area contributed by atoms with Crippen molar-refractivity contribution in [3.05, 3.63) is 59.2 Å². The van der Waals surface area contributed by atoms with Gasteiger partial charge in [0.15, 0.2) is 11.8 Å². The Bertz CT molecular complexity index is 993. The molecule has 160 valence electrons. The third kappa shape index (κ3) is 5.15. The molecule has 0 spiro atoms. The van der Waals surface area contributed by atoms with Crippen LogP contribution in [-0.4, -0.2) is 35.5 Å². The van der Waals surface area contributed by atoms with Crippen molar-refractivity contribution in [2.45, 2.75) is 52.4 Å². The lowest BCUT2D eigenvalue weighted by Crippen LogP contribution is -2.41. The summed E-state index contributed by atoms with van der Waals surface area (Å²) < 4.78 is 3.97. The van der Waals surface area contributed by atoms with Crippen LogP contribution in [0.1, 0.15) is 47.7 Å². The summed E-state index contributed by atoms with van der Waals surface area (Å²) in [6.07, 6.45) is 2.05. The second-order valence-electron chi connectivity index (χ2n) is 7.31. The summed E-state index contributed by atoms with van der Waals surface area (Å²) in [5.74, 6) is 4.25. The molecular formula is C20H28IN9. The van der Waals surface area contributed by atoms with Crippen molar-refractivity contribution >= 4 is 29.9 Å². The summed E-state index contributed by atoms with van der Waals surface area (Å²) in [6, 6.07) is 10.3. The molecule has 1 unspecified atom stereocenters. The molecule has 0 fully saturated rings. The molecule has 0 saturated carbocycles. The molecule has 9 nitrogen and oxygen atoms in total. The second-order valence-corrected chi connectivity index (χ2v) is 7.31. The molecule has 10 heteroatoms. The highest BCUT2D eigenvalue weighted by Crippen LogP contribution is 2.22. The maximum atomic E-state index is 4.80. The van der Waals surface area contributed by atoms with Crippen molar-refractivity contribution in [1.82, 2.24) is 40.2 Å². The maximum absolute atomic E-state index is 4.80. The van der Waals surface area contributed by atoms with E-state index in [4.69, 9.17) is 4.99 Å². The Hall–Kier alpha value is -2.50. The van der Waals surface area contributed by atoms with Gasteiger partial charge in [-0.05, 0) is 32.3 Å². The second kappa shape index (κ2) is 10.0. The van der Waals surface area contributed by atoms with Crippen molar-refractivity contribution < 1.29 is 0 Å². The normalized spacial score (nSPS) is 16.0. The van der Waals surface area contributed by atoms with Gasteiger partial charge in [0.2, 0.25) is 0 Å². The number of hydrogen-bond donors (Lipinski definition) is 2. The average Bonchev–Trinajstić information content (AvgIpc) is 3.27. The van der Waals surface area contributed by atoms with E-state index in [0.29, 0.717) is 13.1 Å². The monoisotopic (exact) mass is 521 g/mol. The molecule has 0 aliphatic carbocycles. The highest BCUT2D eigenvalue weighted by molar-refractivity contribution is 14.0. The summed E-state index contributed by atoms with van der Waals surface area (Å²) in [6.45, 7) is 5.91. The van der Waals surface area contributed by atoms with Crippen molar-refractivity contribution in [1.29, 1.82) is 0 Å². The van der Waals surface area contributed by atoms with Crippen LogP contribution in [-0.2, 0) is 26.7 Å². The molecule has 1 aliphatic heterocycles. The SMILES string of the molecule is Cc1nc2n(n1)CCCC2NC(=NCc1ccccc1)NCc1nnc(C)n1C.I. The van der Waals surface area contributed by atoms with Gasteiger partial charge in [-0.1, -0.05) is 30.3 Å². The number of hydrogen-bond acceptors (Lipinski definition) is 5. The Morgan fingerprint density at radius 1 is 1.20 bits per heavy atom. The van der Waals surface area contributed by atoms with Crippen molar-refractivity contribution in [2.24, 2.45) is 12.0 Å². The van der Waals surface area contributed by atoms with Gasteiger partial charge in [0.25, 0.3) is 0 Å². The average molecular weight is 521 g/mol. The van der Waals surface area contributed by atoms with Gasteiger partial charge in [-0.25, -0.2) is 14.7 Å². The van der Waals surface area contributed by atoms with Crippen molar-refractivity contribution in [3.8, 4) is 0 Å². The predicted octanol–water partition coefficient (Wildman–Crippen LogP) is 2.41. The number of nitrogens with zero attached hydrogens (tertiary/aromatic N) is 7. The van der Waals surface area contributed by atoms with Crippen molar-refractivity contribution in [3.63, 3.8) is 0 Å². The minimum atomic E-state index is 0. The number of aliphatic imine (C=N–C) groups is 1. The van der Waals surface area contributed by atoms with Gasteiger partial charge < -0.3 is 15.2 Å². The van der Waals surface area contributed by atoms with E-state index in [1.165, 1.54) is 0 Å². The smallest absolute Gasteiger partial charge is 0.192 e. The third-order valence-corrected chi connectivity index (χ3v) is 5.15. The molecule has 30 heavy (non-hydrogen) atoms. The number of guanidine groups is 1. The minimum Gasteiger partial charge on any atom is -0.349 e. The first-order chi connectivity index (χ1) is 14.1. The molecule has 1 aromatic carbocycles. The van der Waals surface area contributed by atoms with Crippen LogP contribution in [0.15, 0.2) is 35.3 Å². The fraction of sp³-hybridized carbons (Fsp3) is 0.450. The highest BCUT2D eigenvalue weighted by atomic mass is 127. The van der Waals surface area contributed by atoms with Gasteiger partial charge in [-0.2, -0.15) is 5.10 Å². The third-order valence-electron chi connectivity index (χ3n) is 5.15. The summed E-state index contributed by atoms with van der Waals surface area (Å²) >= 11 is 0. The summed E-state index contributed by atoms with van der Waals surface area (Å²) in [7, 11) is 1.97. The molecule has 2 N–H and O–H groups in total. The Morgan fingerprint density at radius 2 is 2.00 bits per heavy atom. The highest BCUT2D eigenvalue weighted by Gasteiger charge is 2.24. The molecule has 0 radical (unpaired) electrons. The summed E-state index contributed by atoms with van der Waals surface area (Å²) in [5, 5.41) is 19.8. The van der Waals surface area contributed by atoms with Crippen LogP contribution in [0.3, 0.4) is 0 Å². The van der Waals surface area contributed by atoms with E-state index in [1.54, 1.807) is 0 Å². The van der Waals surface area contributed by atoms with Crippen LogP contribution in [0.5, 0.6) is 0 Å². The molecule has 4 rings (SSSR count). The molecule has 2 aromatic heterocycles. The van der Waals surface area contributed by atoms with Gasteiger partial charge in [0.1, 0.15) is 17.5 Å². The van der Waals surface area contributed by atoms with E-state index in [9.17, 15) is 0 Å². The topological polar surface area (TPSA) is 97.8 Å². The fourth-order valence-electron chi connectivity index (χ4n) is 3.44. The lowest BCUT2D eigenvalue weighted by molar-refractivity contribution is 0.397. The van der Waals surface area contributed by atoms with Gasteiger partial charge >= 0.3 is 0 Å². The number of rotatable bonds is 5. The number of benzene rings is 1. The molecule has 0 saturated heterocycles. The van der Waals surface area contributed by atoms with Gasteiger partial charge in [0, 0.05) is 13.6 Å². The molecule has 0 bridgehead atoms. The Kier molecular flexibility index (Phi) is 7.40. The first kappa shape index (κ1) is 22.2. The lowest BCUT2D eigenvalue weighted by atomic mass is 10.1. The van der Waals surface area contributed by atoms with Gasteiger partial charge in [0.05, 0.1) is 19.1 Å². The van der Waals surface area contributed by atoms with Crippen LogP contribution in [0.2, 0.25) is 0 Å². The summed E-state index contributed by atoms with van der Waals surface area (Å²) in [5.41, 5.74) is 1.16. The molecule has 3 heterocycles. The first-order valence-electron chi connectivity index (χ1n) is 9.95.